The van der Waals surface area contributed by atoms with Crippen LogP contribution >= 0.6 is 23.1 Å². The summed E-state index contributed by atoms with van der Waals surface area (Å²) in [6, 6.07) is 0. The van der Waals surface area contributed by atoms with Crippen LogP contribution in [-0.2, 0) is 11.8 Å². The lowest BCUT2D eigenvalue weighted by atomic mass is 10.6. The number of aromatic nitrogens is 3. The molecule has 2 aromatic rings. The number of carbonyl (C=O) groups is 1. The first-order valence-corrected chi connectivity index (χ1v) is 6.83. The topological polar surface area (TPSA) is 59.8 Å². The number of nitrogens with zero attached hydrogens (tertiary/aromatic N) is 3. The minimum atomic E-state index is -0.0480. The molecule has 2 aromatic heterocycles. The maximum Gasteiger partial charge on any atom is 0.236 e. The molecule has 0 radical (unpaired) electrons. The lowest BCUT2D eigenvalue weighted by Crippen LogP contribution is -2.13. The molecule has 5 nitrogen and oxygen atoms in total. The van der Waals surface area contributed by atoms with Crippen LogP contribution in [0.2, 0.25) is 0 Å². The molecule has 0 saturated heterocycles. The second kappa shape index (κ2) is 5.33. The number of carbonyl (C=O) groups excluding carboxylic acids is 1. The second-order valence-electron chi connectivity index (χ2n) is 3.48. The van der Waals surface area contributed by atoms with E-state index in [1.165, 1.54) is 23.1 Å². The first kappa shape index (κ1) is 12.1. The third-order valence-electron chi connectivity index (χ3n) is 1.92. The highest BCUT2D eigenvalue weighted by molar-refractivity contribution is 8.00. The van der Waals surface area contributed by atoms with E-state index in [2.05, 4.69) is 15.4 Å². The van der Waals surface area contributed by atoms with Crippen molar-refractivity contribution in [2.24, 2.45) is 7.05 Å². The molecule has 2 heterocycles. The highest BCUT2D eigenvalue weighted by Crippen LogP contribution is 2.18. The molecule has 0 unspecified atom stereocenters. The number of amides is 1. The van der Waals surface area contributed by atoms with Gasteiger partial charge in [0.2, 0.25) is 5.91 Å². The quantitative estimate of drug-likeness (QED) is 0.861. The lowest BCUT2D eigenvalue weighted by Gasteiger charge is -1.99. The number of hydrogen-bond acceptors (Lipinski definition) is 5. The van der Waals surface area contributed by atoms with Gasteiger partial charge in [0, 0.05) is 23.5 Å². The number of rotatable bonds is 4. The Balaban J connectivity index is 1.82. The van der Waals surface area contributed by atoms with Gasteiger partial charge in [0.25, 0.3) is 0 Å². The number of aryl methyl sites for hydroxylation is 2. The Labute approximate surface area is 107 Å². The van der Waals surface area contributed by atoms with Gasteiger partial charge in [-0.25, -0.2) is 4.98 Å². The first-order valence-electron chi connectivity index (χ1n) is 4.97. The molecule has 0 saturated carbocycles. The van der Waals surface area contributed by atoms with Crippen LogP contribution in [0.25, 0.3) is 0 Å². The molecule has 0 fully saturated rings. The molecule has 0 bridgehead atoms. The highest BCUT2D eigenvalue weighted by Gasteiger charge is 2.06. The molecule has 0 aliphatic heterocycles. The summed E-state index contributed by atoms with van der Waals surface area (Å²) < 4.78 is 1.71. The summed E-state index contributed by atoms with van der Waals surface area (Å²) in [5.41, 5.74) is 0.921. The normalized spacial score (nSPS) is 10.5. The largest absolute Gasteiger partial charge is 0.301 e. The Morgan fingerprint density at radius 3 is 3.06 bits per heavy atom. The molecule has 0 aliphatic carbocycles. The van der Waals surface area contributed by atoms with Gasteiger partial charge < -0.3 is 5.32 Å². The number of thiazole rings is 1. The summed E-state index contributed by atoms with van der Waals surface area (Å²) in [7, 11) is 1.85. The number of hydrogen-bond donors (Lipinski definition) is 1. The number of nitrogens with one attached hydrogen (secondary N) is 1. The molecule has 17 heavy (non-hydrogen) atoms. The summed E-state index contributed by atoms with van der Waals surface area (Å²) in [6.45, 7) is 1.90. The summed E-state index contributed by atoms with van der Waals surface area (Å²) >= 11 is 2.89. The van der Waals surface area contributed by atoms with Gasteiger partial charge in [-0.05, 0) is 6.92 Å². The van der Waals surface area contributed by atoms with Crippen LogP contribution in [0.15, 0.2) is 22.7 Å². The van der Waals surface area contributed by atoms with Crippen molar-refractivity contribution < 1.29 is 4.79 Å². The maximum atomic E-state index is 11.6. The molecule has 0 atom stereocenters. The maximum absolute atomic E-state index is 11.6. The van der Waals surface area contributed by atoms with Gasteiger partial charge >= 0.3 is 0 Å². The minimum Gasteiger partial charge on any atom is -0.301 e. The molecule has 0 spiro atoms. The van der Waals surface area contributed by atoms with E-state index in [0.717, 1.165) is 10.6 Å². The van der Waals surface area contributed by atoms with E-state index < -0.39 is 0 Å². The van der Waals surface area contributed by atoms with Crippen molar-refractivity contribution >= 4 is 34.1 Å². The average Bonchev–Trinajstić information content (AvgIpc) is 2.85. The third-order valence-corrected chi connectivity index (χ3v) is 3.74. The van der Waals surface area contributed by atoms with E-state index in [4.69, 9.17) is 0 Å². The van der Waals surface area contributed by atoms with E-state index in [0.29, 0.717) is 10.9 Å². The Morgan fingerprint density at radius 1 is 1.65 bits per heavy atom. The monoisotopic (exact) mass is 268 g/mol. The Kier molecular flexibility index (Phi) is 3.80. The van der Waals surface area contributed by atoms with E-state index in [1.807, 2.05) is 25.5 Å². The fraction of sp³-hybridized carbons (Fsp3) is 0.300. The molecular formula is C10H12N4OS2. The first-order chi connectivity index (χ1) is 8.13. The van der Waals surface area contributed by atoms with Gasteiger partial charge in [-0.15, -0.1) is 23.1 Å². The van der Waals surface area contributed by atoms with Gasteiger partial charge in [0.05, 0.1) is 17.6 Å². The molecule has 1 amide bonds. The zero-order valence-corrected chi connectivity index (χ0v) is 11.1. The predicted octanol–water partition coefficient (Wildman–Crippen LogP) is 1.92. The Morgan fingerprint density at radius 2 is 2.47 bits per heavy atom. The number of anilines is 1. The summed E-state index contributed by atoms with van der Waals surface area (Å²) in [6.07, 6.45) is 3.62. The fourth-order valence-electron chi connectivity index (χ4n) is 1.19. The van der Waals surface area contributed by atoms with Gasteiger partial charge in [0.15, 0.2) is 5.13 Å². The lowest BCUT2D eigenvalue weighted by molar-refractivity contribution is -0.113. The second-order valence-corrected chi connectivity index (χ2v) is 5.39. The van der Waals surface area contributed by atoms with Crippen LogP contribution in [0, 0.1) is 6.92 Å². The Bertz CT molecular complexity index is 520. The van der Waals surface area contributed by atoms with Gasteiger partial charge in [0.1, 0.15) is 0 Å². The SMILES string of the molecule is Cc1csc(NC(=O)CSc2cnn(C)c2)n1. The van der Waals surface area contributed by atoms with E-state index in [1.54, 1.807) is 10.9 Å². The highest BCUT2D eigenvalue weighted by atomic mass is 32.2. The average molecular weight is 268 g/mol. The molecule has 90 valence electrons. The molecule has 0 aromatic carbocycles. The van der Waals surface area contributed by atoms with Crippen molar-refractivity contribution in [2.75, 3.05) is 11.1 Å². The molecule has 7 heteroatoms. The minimum absolute atomic E-state index is 0.0480. The van der Waals surface area contributed by atoms with Crippen molar-refractivity contribution in [3.8, 4) is 0 Å². The fourth-order valence-corrected chi connectivity index (χ4v) is 2.61. The molecule has 2 rings (SSSR count). The van der Waals surface area contributed by atoms with Crippen LogP contribution in [0.3, 0.4) is 0 Å². The van der Waals surface area contributed by atoms with E-state index >= 15 is 0 Å². The molecule has 0 aliphatic rings. The smallest absolute Gasteiger partial charge is 0.236 e. The Hall–Kier alpha value is -1.34. The van der Waals surface area contributed by atoms with Crippen LogP contribution in [0.4, 0.5) is 5.13 Å². The van der Waals surface area contributed by atoms with Crippen LogP contribution < -0.4 is 5.32 Å². The van der Waals surface area contributed by atoms with Gasteiger partial charge in [-0.1, -0.05) is 0 Å². The zero-order chi connectivity index (χ0) is 12.3. The summed E-state index contributed by atoms with van der Waals surface area (Å²) in [5.74, 6) is 0.317. The van der Waals surface area contributed by atoms with Crippen molar-refractivity contribution in [3.63, 3.8) is 0 Å². The summed E-state index contributed by atoms with van der Waals surface area (Å²) in [4.78, 5) is 16.8. The van der Waals surface area contributed by atoms with Gasteiger partial charge in [-0.3, -0.25) is 9.48 Å². The standard InChI is InChI=1S/C10H12N4OS2/c1-7-5-17-10(12-7)13-9(15)6-16-8-3-11-14(2)4-8/h3-5H,6H2,1-2H3,(H,12,13,15). The summed E-state index contributed by atoms with van der Waals surface area (Å²) in [5, 5.41) is 9.35. The van der Waals surface area contributed by atoms with Crippen molar-refractivity contribution in [2.45, 2.75) is 11.8 Å². The van der Waals surface area contributed by atoms with Crippen LogP contribution in [0.1, 0.15) is 5.69 Å². The third kappa shape index (κ3) is 3.57. The van der Waals surface area contributed by atoms with E-state index in [9.17, 15) is 4.79 Å². The van der Waals surface area contributed by atoms with Gasteiger partial charge in [-0.2, -0.15) is 5.10 Å². The molecule has 1 N–H and O–H groups in total. The van der Waals surface area contributed by atoms with E-state index in [-0.39, 0.29) is 5.91 Å². The number of thioether (sulfide) groups is 1. The van der Waals surface area contributed by atoms with Crippen LogP contribution in [-0.4, -0.2) is 26.4 Å². The van der Waals surface area contributed by atoms with Crippen molar-refractivity contribution in [3.05, 3.63) is 23.5 Å². The predicted molar refractivity (Wildman–Crippen MR) is 69.4 cm³/mol. The van der Waals surface area contributed by atoms with Crippen molar-refractivity contribution in [1.82, 2.24) is 14.8 Å². The van der Waals surface area contributed by atoms with Crippen molar-refractivity contribution in [1.29, 1.82) is 0 Å². The molecular weight excluding hydrogens is 256 g/mol. The van der Waals surface area contributed by atoms with Crippen LogP contribution in [0.5, 0.6) is 0 Å². The zero-order valence-electron chi connectivity index (χ0n) is 9.51.